The first-order chi connectivity index (χ1) is 16.9. The highest BCUT2D eigenvalue weighted by Gasteiger charge is 2.20. The van der Waals surface area contributed by atoms with Gasteiger partial charge in [-0.15, -0.1) is 0 Å². The van der Waals surface area contributed by atoms with E-state index in [1.54, 1.807) is 41.0 Å². The number of benzene rings is 3. The summed E-state index contributed by atoms with van der Waals surface area (Å²) in [6.45, 7) is 0.776. The highest BCUT2D eigenvalue weighted by molar-refractivity contribution is 7.90. The number of nitrogens with zero attached hydrogens (tertiary/aromatic N) is 2. The molecule has 0 unspecified atom stereocenters. The lowest BCUT2D eigenvalue weighted by atomic mass is 10.2. The molecular formula is C26H23FN4O3S. The van der Waals surface area contributed by atoms with Crippen molar-refractivity contribution >= 4 is 38.4 Å². The average molecular weight is 491 g/mol. The summed E-state index contributed by atoms with van der Waals surface area (Å²) in [5.74, 6) is -0.341. The fourth-order valence-corrected chi connectivity index (χ4v) is 5.27. The molecule has 0 atom stereocenters. The van der Waals surface area contributed by atoms with E-state index in [0.29, 0.717) is 35.7 Å². The summed E-state index contributed by atoms with van der Waals surface area (Å²) in [5, 5.41) is 3.63. The molecule has 1 aliphatic heterocycles. The van der Waals surface area contributed by atoms with Crippen molar-refractivity contribution in [2.45, 2.75) is 24.3 Å². The first-order valence-corrected chi connectivity index (χ1v) is 12.7. The third-order valence-corrected chi connectivity index (χ3v) is 7.24. The van der Waals surface area contributed by atoms with E-state index in [4.69, 9.17) is 0 Å². The van der Waals surface area contributed by atoms with Crippen LogP contribution in [0, 0.1) is 5.82 Å². The van der Waals surface area contributed by atoms with E-state index in [0.717, 1.165) is 17.3 Å². The van der Waals surface area contributed by atoms with Crippen molar-refractivity contribution in [3.8, 4) is 0 Å². The summed E-state index contributed by atoms with van der Waals surface area (Å²) >= 11 is 0. The molecule has 5 rings (SSSR count). The molecule has 2 heterocycles. The standard InChI is InChI=1S/C26H23FN4O3S/c27-22-11-3-1-8-19(22)17-31-23-12-4-2-7-18(23)15-24(31)26(32)29-20-9-5-10-21(16-20)35(33,34)30-25-13-6-14-28-25/h1-5,7-12,15-16H,6,13-14,17H2,(H,28,30)(H,29,32). The van der Waals surface area contributed by atoms with Crippen LogP contribution in [0.3, 0.4) is 0 Å². The fraction of sp³-hybridized carbons (Fsp3) is 0.154. The van der Waals surface area contributed by atoms with Gasteiger partial charge in [-0.2, -0.15) is 0 Å². The average Bonchev–Trinajstić information content (AvgIpc) is 3.48. The lowest BCUT2D eigenvalue weighted by Crippen LogP contribution is -2.29. The van der Waals surface area contributed by atoms with Crippen LogP contribution < -0.4 is 10.0 Å². The quantitative estimate of drug-likeness (QED) is 0.415. The van der Waals surface area contributed by atoms with Gasteiger partial charge in [-0.25, -0.2) is 12.8 Å². The van der Waals surface area contributed by atoms with Gasteiger partial charge in [0.2, 0.25) is 0 Å². The Morgan fingerprint density at radius 2 is 1.80 bits per heavy atom. The zero-order chi connectivity index (χ0) is 24.4. The molecule has 1 aromatic heterocycles. The van der Waals surface area contributed by atoms with Gasteiger partial charge >= 0.3 is 0 Å². The minimum absolute atomic E-state index is 0.0248. The van der Waals surface area contributed by atoms with Crippen LogP contribution in [0.2, 0.25) is 0 Å². The number of para-hydroxylation sites is 1. The third-order valence-electron chi connectivity index (χ3n) is 5.86. The second-order valence-corrected chi connectivity index (χ2v) is 9.97. The molecule has 3 aromatic carbocycles. The Labute approximate surface area is 202 Å². The van der Waals surface area contributed by atoms with Crippen LogP contribution in [0.1, 0.15) is 28.9 Å². The number of amidine groups is 1. The summed E-state index contributed by atoms with van der Waals surface area (Å²) < 4.78 is 44.2. The Kier molecular flexibility index (Phi) is 6.08. The van der Waals surface area contributed by atoms with Crippen molar-refractivity contribution in [2.24, 2.45) is 4.99 Å². The van der Waals surface area contributed by atoms with Gasteiger partial charge in [0.15, 0.2) is 0 Å². The molecule has 9 heteroatoms. The molecule has 0 saturated carbocycles. The summed E-state index contributed by atoms with van der Waals surface area (Å²) in [6.07, 6.45) is 1.40. The van der Waals surface area contributed by atoms with E-state index in [1.165, 1.54) is 18.2 Å². The van der Waals surface area contributed by atoms with Crippen LogP contribution >= 0.6 is 0 Å². The van der Waals surface area contributed by atoms with Gasteiger partial charge in [0, 0.05) is 35.1 Å². The van der Waals surface area contributed by atoms with Gasteiger partial charge in [-0.1, -0.05) is 42.5 Å². The molecule has 0 bridgehead atoms. The number of anilines is 1. The molecule has 4 aromatic rings. The van der Waals surface area contributed by atoms with Crippen molar-refractivity contribution in [3.05, 3.63) is 95.9 Å². The number of rotatable bonds is 6. The predicted octanol–water partition coefficient (Wildman–Crippen LogP) is 4.55. The van der Waals surface area contributed by atoms with E-state index < -0.39 is 15.9 Å². The van der Waals surface area contributed by atoms with E-state index in [9.17, 15) is 17.6 Å². The van der Waals surface area contributed by atoms with E-state index in [1.807, 2.05) is 24.3 Å². The molecule has 0 saturated heterocycles. The smallest absolute Gasteiger partial charge is 0.272 e. The van der Waals surface area contributed by atoms with Crippen molar-refractivity contribution in [3.63, 3.8) is 0 Å². The Morgan fingerprint density at radius 3 is 2.60 bits per heavy atom. The summed E-state index contributed by atoms with van der Waals surface area (Å²) in [7, 11) is -3.82. The van der Waals surface area contributed by atoms with E-state index in [-0.39, 0.29) is 17.3 Å². The number of amides is 1. The number of carbonyl (C=O) groups excluding carboxylic acids is 1. The second kappa shape index (κ2) is 9.34. The summed E-state index contributed by atoms with van der Waals surface area (Å²) in [5.41, 5.74) is 1.91. The lowest BCUT2D eigenvalue weighted by Gasteiger charge is -2.13. The lowest BCUT2D eigenvalue weighted by molar-refractivity contribution is 0.101. The summed E-state index contributed by atoms with van der Waals surface area (Å²) in [4.78, 5) is 17.5. The molecule has 0 spiro atoms. The van der Waals surface area contributed by atoms with Crippen LogP contribution in [0.5, 0.6) is 0 Å². The highest BCUT2D eigenvalue weighted by Crippen LogP contribution is 2.24. The molecule has 35 heavy (non-hydrogen) atoms. The normalized spacial score (nSPS) is 13.6. The fourth-order valence-electron chi connectivity index (χ4n) is 4.14. The minimum atomic E-state index is -3.82. The second-order valence-electron chi connectivity index (χ2n) is 8.29. The van der Waals surface area contributed by atoms with Crippen LogP contribution in [0.25, 0.3) is 10.9 Å². The number of hydrogen-bond donors (Lipinski definition) is 2. The molecule has 0 aliphatic carbocycles. The van der Waals surface area contributed by atoms with Crippen LogP contribution in [-0.4, -0.2) is 31.3 Å². The number of fused-ring (bicyclic) bond motifs is 1. The number of aromatic nitrogens is 1. The Morgan fingerprint density at radius 1 is 1.00 bits per heavy atom. The maximum atomic E-state index is 14.4. The number of sulfonamides is 1. The van der Waals surface area contributed by atoms with Gasteiger partial charge in [0.05, 0.1) is 11.4 Å². The number of carbonyl (C=O) groups is 1. The molecule has 1 amide bonds. The number of halogens is 1. The van der Waals surface area contributed by atoms with Gasteiger partial charge in [-0.05, 0) is 42.8 Å². The largest absolute Gasteiger partial charge is 0.332 e. The predicted molar refractivity (Wildman–Crippen MR) is 134 cm³/mol. The molecular weight excluding hydrogens is 467 g/mol. The molecule has 7 nitrogen and oxygen atoms in total. The monoisotopic (exact) mass is 490 g/mol. The third kappa shape index (κ3) is 4.81. The Hall–Kier alpha value is -3.98. The number of nitrogens with one attached hydrogen (secondary N) is 2. The van der Waals surface area contributed by atoms with Gasteiger partial charge < -0.3 is 9.88 Å². The van der Waals surface area contributed by atoms with Crippen LogP contribution in [0.15, 0.2) is 88.8 Å². The molecule has 178 valence electrons. The van der Waals surface area contributed by atoms with Crippen molar-refractivity contribution in [2.75, 3.05) is 11.9 Å². The van der Waals surface area contributed by atoms with Crippen molar-refractivity contribution in [1.29, 1.82) is 0 Å². The van der Waals surface area contributed by atoms with Gasteiger partial charge in [0.1, 0.15) is 17.3 Å². The van der Waals surface area contributed by atoms with E-state index >= 15 is 0 Å². The van der Waals surface area contributed by atoms with E-state index in [2.05, 4.69) is 15.0 Å². The van der Waals surface area contributed by atoms with Crippen LogP contribution in [0.4, 0.5) is 10.1 Å². The van der Waals surface area contributed by atoms with Crippen molar-refractivity contribution < 1.29 is 17.6 Å². The SMILES string of the molecule is O=C(Nc1cccc(S(=O)(=O)NC2=NCCC2)c1)c1cc2ccccc2n1Cc1ccccc1F. The first kappa shape index (κ1) is 22.8. The zero-order valence-electron chi connectivity index (χ0n) is 18.7. The van der Waals surface area contributed by atoms with Crippen molar-refractivity contribution in [1.82, 2.24) is 9.29 Å². The maximum absolute atomic E-state index is 14.4. The Bertz CT molecular complexity index is 1560. The van der Waals surface area contributed by atoms with Crippen LogP contribution in [-0.2, 0) is 16.6 Å². The molecule has 0 radical (unpaired) electrons. The highest BCUT2D eigenvalue weighted by atomic mass is 32.2. The first-order valence-electron chi connectivity index (χ1n) is 11.2. The van der Waals surface area contributed by atoms with Gasteiger partial charge in [0.25, 0.3) is 15.9 Å². The molecule has 0 fully saturated rings. The van der Waals surface area contributed by atoms with Gasteiger partial charge in [-0.3, -0.25) is 14.5 Å². The Balaban J connectivity index is 1.44. The number of aliphatic imine (C=N–C) groups is 1. The topological polar surface area (TPSA) is 92.6 Å². The zero-order valence-corrected chi connectivity index (χ0v) is 19.6. The summed E-state index contributed by atoms with van der Waals surface area (Å²) in [6, 6.07) is 21.7. The molecule has 1 aliphatic rings. The molecule has 2 N–H and O–H groups in total. The number of hydrogen-bond acceptors (Lipinski definition) is 4. The minimum Gasteiger partial charge on any atom is -0.332 e. The maximum Gasteiger partial charge on any atom is 0.272 e.